The van der Waals surface area contributed by atoms with Gasteiger partial charge in [0.15, 0.2) is 0 Å². The summed E-state index contributed by atoms with van der Waals surface area (Å²) >= 11 is 0. The van der Waals surface area contributed by atoms with Gasteiger partial charge in [0.05, 0.1) is 11.3 Å². The summed E-state index contributed by atoms with van der Waals surface area (Å²) in [6, 6.07) is 18.8. The van der Waals surface area contributed by atoms with Crippen molar-refractivity contribution in [2.45, 2.75) is 45.4 Å². The SMILES string of the molecule is Cc1cc(-c2ccc(C#N)cn2)cc(C)c1C1C(=O)CC2(CCN(C(=O)c3ccccc3)CC2)CC1=O. The van der Waals surface area contributed by atoms with Crippen LogP contribution in [-0.4, -0.2) is 40.4 Å². The molecule has 186 valence electrons. The quantitative estimate of drug-likeness (QED) is 0.471. The van der Waals surface area contributed by atoms with Crippen LogP contribution in [0.2, 0.25) is 0 Å². The van der Waals surface area contributed by atoms with E-state index in [0.717, 1.165) is 27.9 Å². The summed E-state index contributed by atoms with van der Waals surface area (Å²) < 4.78 is 0. The fraction of sp³-hybridized carbons (Fsp3) is 0.323. The smallest absolute Gasteiger partial charge is 0.253 e. The van der Waals surface area contributed by atoms with Gasteiger partial charge in [0.25, 0.3) is 5.91 Å². The molecule has 1 aliphatic carbocycles. The van der Waals surface area contributed by atoms with Gasteiger partial charge >= 0.3 is 0 Å². The van der Waals surface area contributed by atoms with Gasteiger partial charge in [0.1, 0.15) is 23.6 Å². The normalized spacial score (nSPS) is 17.6. The zero-order valence-corrected chi connectivity index (χ0v) is 21.2. The van der Waals surface area contributed by atoms with Crippen LogP contribution in [0, 0.1) is 30.6 Å². The topological polar surface area (TPSA) is 91.1 Å². The van der Waals surface area contributed by atoms with E-state index in [4.69, 9.17) is 5.26 Å². The number of likely N-dealkylation sites (tertiary alicyclic amines) is 1. The predicted octanol–water partition coefficient (Wildman–Crippen LogP) is 5.18. The van der Waals surface area contributed by atoms with E-state index in [1.807, 2.05) is 67.3 Å². The molecule has 1 aromatic heterocycles. The number of piperidine rings is 1. The summed E-state index contributed by atoms with van der Waals surface area (Å²) in [5.74, 6) is -0.772. The number of aryl methyl sites for hydroxylation is 2. The molecule has 3 aromatic rings. The third-order valence-electron chi connectivity index (χ3n) is 7.95. The third-order valence-corrected chi connectivity index (χ3v) is 7.95. The fourth-order valence-corrected chi connectivity index (χ4v) is 6.02. The first-order chi connectivity index (χ1) is 17.8. The lowest BCUT2D eigenvalue weighted by Gasteiger charge is -2.44. The molecule has 0 bridgehead atoms. The van der Waals surface area contributed by atoms with Gasteiger partial charge < -0.3 is 4.90 Å². The number of Topliss-reactive ketones (excluding diaryl/α,β-unsaturated/α-hetero) is 2. The van der Waals surface area contributed by atoms with Crippen molar-refractivity contribution in [3.05, 3.63) is 88.6 Å². The standard InChI is InChI=1S/C31H29N3O3/c1-20-14-24(25-9-8-22(18-32)19-33-25)15-21(2)28(20)29-26(35)16-31(17-27(29)36)10-12-34(13-11-31)30(37)23-6-4-3-5-7-23/h3-9,14-15,19,29H,10-13,16-17H2,1-2H3. The number of amides is 1. The van der Waals surface area contributed by atoms with Crippen LogP contribution in [0.5, 0.6) is 0 Å². The zero-order chi connectivity index (χ0) is 26.2. The predicted molar refractivity (Wildman–Crippen MR) is 140 cm³/mol. The molecule has 5 rings (SSSR count). The van der Waals surface area contributed by atoms with E-state index >= 15 is 0 Å². The molecule has 0 unspecified atom stereocenters. The van der Waals surface area contributed by atoms with Gasteiger partial charge in [0, 0.05) is 43.3 Å². The van der Waals surface area contributed by atoms with Crippen LogP contribution in [0.1, 0.15) is 64.2 Å². The van der Waals surface area contributed by atoms with Crippen LogP contribution < -0.4 is 0 Å². The zero-order valence-electron chi connectivity index (χ0n) is 21.2. The first-order valence-electron chi connectivity index (χ1n) is 12.7. The summed E-state index contributed by atoms with van der Waals surface area (Å²) in [5.41, 5.74) is 5.04. The molecule has 1 saturated carbocycles. The minimum atomic E-state index is -0.738. The van der Waals surface area contributed by atoms with Gasteiger partial charge in [-0.25, -0.2) is 0 Å². The van der Waals surface area contributed by atoms with Crippen molar-refractivity contribution in [2.24, 2.45) is 5.41 Å². The first kappa shape index (κ1) is 24.6. The second-order valence-electron chi connectivity index (χ2n) is 10.4. The molecule has 1 spiro atoms. The molecule has 1 saturated heterocycles. The fourth-order valence-electron chi connectivity index (χ4n) is 6.02. The van der Waals surface area contributed by atoms with Gasteiger partial charge in [-0.05, 0) is 85.2 Å². The summed E-state index contributed by atoms with van der Waals surface area (Å²) in [6.07, 6.45) is 3.61. The number of nitriles is 1. The van der Waals surface area contributed by atoms with Gasteiger partial charge in [-0.1, -0.05) is 18.2 Å². The van der Waals surface area contributed by atoms with Gasteiger partial charge in [0.2, 0.25) is 0 Å². The number of aromatic nitrogens is 1. The molecule has 0 atom stereocenters. The minimum Gasteiger partial charge on any atom is -0.339 e. The number of hydrogen-bond acceptors (Lipinski definition) is 5. The van der Waals surface area contributed by atoms with Crippen molar-refractivity contribution < 1.29 is 14.4 Å². The second kappa shape index (κ2) is 9.74. The molecule has 1 aliphatic heterocycles. The highest BCUT2D eigenvalue weighted by molar-refractivity contribution is 6.10. The molecule has 2 aromatic carbocycles. The third kappa shape index (κ3) is 4.70. The Hall–Kier alpha value is -4.11. The van der Waals surface area contributed by atoms with Crippen molar-refractivity contribution in [3.63, 3.8) is 0 Å². The number of carbonyl (C=O) groups is 3. The maximum absolute atomic E-state index is 13.5. The lowest BCUT2D eigenvalue weighted by Crippen LogP contribution is -2.48. The summed E-state index contributed by atoms with van der Waals surface area (Å²) in [7, 11) is 0. The molecular formula is C31H29N3O3. The Balaban J connectivity index is 1.32. The van der Waals surface area contributed by atoms with Crippen LogP contribution >= 0.6 is 0 Å². The number of ketones is 2. The Labute approximate surface area is 216 Å². The van der Waals surface area contributed by atoms with E-state index in [2.05, 4.69) is 11.1 Å². The maximum atomic E-state index is 13.5. The Kier molecular flexibility index (Phi) is 6.47. The number of nitrogens with zero attached hydrogens (tertiary/aromatic N) is 3. The summed E-state index contributed by atoms with van der Waals surface area (Å²) in [4.78, 5) is 46.1. The van der Waals surface area contributed by atoms with Crippen LogP contribution in [0.3, 0.4) is 0 Å². The van der Waals surface area contributed by atoms with Crippen molar-refractivity contribution in [1.29, 1.82) is 5.26 Å². The average molecular weight is 492 g/mol. The van der Waals surface area contributed by atoms with E-state index in [9.17, 15) is 14.4 Å². The highest BCUT2D eigenvalue weighted by Crippen LogP contribution is 2.47. The molecule has 2 heterocycles. The number of pyridine rings is 1. The minimum absolute atomic E-state index is 0.00452. The Bertz CT molecular complexity index is 1370. The molecule has 0 N–H and O–H groups in total. The van der Waals surface area contributed by atoms with Crippen molar-refractivity contribution in [3.8, 4) is 17.3 Å². The maximum Gasteiger partial charge on any atom is 0.253 e. The van der Waals surface area contributed by atoms with Crippen LogP contribution in [0.15, 0.2) is 60.8 Å². The van der Waals surface area contributed by atoms with Gasteiger partial charge in [-0.3, -0.25) is 19.4 Å². The Morgan fingerprint density at radius 1 is 0.973 bits per heavy atom. The number of carbonyl (C=O) groups excluding carboxylic acids is 3. The molecule has 2 aliphatic rings. The van der Waals surface area contributed by atoms with E-state index in [0.29, 0.717) is 49.9 Å². The molecule has 2 fully saturated rings. The number of rotatable bonds is 3. The average Bonchev–Trinajstić information content (AvgIpc) is 2.90. The molecular weight excluding hydrogens is 462 g/mol. The second-order valence-corrected chi connectivity index (χ2v) is 10.4. The summed E-state index contributed by atoms with van der Waals surface area (Å²) in [5, 5.41) is 9.02. The number of benzene rings is 2. The van der Waals surface area contributed by atoms with E-state index in [1.165, 1.54) is 0 Å². The van der Waals surface area contributed by atoms with E-state index in [1.54, 1.807) is 12.3 Å². The van der Waals surface area contributed by atoms with E-state index in [-0.39, 0.29) is 22.9 Å². The van der Waals surface area contributed by atoms with Crippen molar-refractivity contribution in [2.75, 3.05) is 13.1 Å². The molecule has 37 heavy (non-hydrogen) atoms. The van der Waals surface area contributed by atoms with Crippen molar-refractivity contribution in [1.82, 2.24) is 9.88 Å². The van der Waals surface area contributed by atoms with Gasteiger partial charge in [-0.15, -0.1) is 0 Å². The molecule has 6 nitrogen and oxygen atoms in total. The van der Waals surface area contributed by atoms with Crippen LogP contribution in [0.4, 0.5) is 0 Å². The lowest BCUT2D eigenvalue weighted by molar-refractivity contribution is -0.138. The highest BCUT2D eigenvalue weighted by Gasteiger charge is 2.47. The first-order valence-corrected chi connectivity index (χ1v) is 12.7. The van der Waals surface area contributed by atoms with Crippen molar-refractivity contribution >= 4 is 17.5 Å². The van der Waals surface area contributed by atoms with E-state index < -0.39 is 5.92 Å². The molecule has 6 heteroatoms. The highest BCUT2D eigenvalue weighted by atomic mass is 16.2. The monoisotopic (exact) mass is 491 g/mol. The Morgan fingerprint density at radius 3 is 2.14 bits per heavy atom. The molecule has 0 radical (unpaired) electrons. The number of hydrogen-bond donors (Lipinski definition) is 0. The van der Waals surface area contributed by atoms with Crippen LogP contribution in [0.25, 0.3) is 11.3 Å². The lowest BCUT2D eigenvalue weighted by atomic mass is 9.62. The van der Waals surface area contributed by atoms with Crippen LogP contribution in [-0.2, 0) is 9.59 Å². The largest absolute Gasteiger partial charge is 0.339 e. The molecule has 1 amide bonds. The van der Waals surface area contributed by atoms with Gasteiger partial charge in [-0.2, -0.15) is 5.26 Å². The Morgan fingerprint density at radius 2 is 1.59 bits per heavy atom. The summed E-state index contributed by atoms with van der Waals surface area (Å²) in [6.45, 7) is 4.99.